The minimum Gasteiger partial charge on any atom is -0.444 e. The molecule has 3 amide bonds. The molecule has 4 aliphatic rings. The van der Waals surface area contributed by atoms with Gasteiger partial charge in [-0.05, 0) is 67.3 Å². The fourth-order valence-corrected chi connectivity index (χ4v) is 9.49. The monoisotopic (exact) mass is 1020 g/mol. The first kappa shape index (κ1) is 52.1. The summed E-state index contributed by atoms with van der Waals surface area (Å²) < 4.78 is 16.6. The average Bonchev–Trinajstić information content (AvgIpc) is 4.27. The molecule has 4 saturated heterocycles. The number of rotatable bonds is 12. The summed E-state index contributed by atoms with van der Waals surface area (Å²) in [4.78, 5) is 68.3. The van der Waals surface area contributed by atoms with Gasteiger partial charge < -0.3 is 43.5 Å². The number of amides is 3. The van der Waals surface area contributed by atoms with E-state index < -0.39 is 11.6 Å². The van der Waals surface area contributed by atoms with Crippen LogP contribution in [-0.2, 0) is 27.5 Å². The van der Waals surface area contributed by atoms with Crippen molar-refractivity contribution >= 4 is 29.3 Å². The molecule has 4 aromatic carbocycles. The number of benzene rings is 4. The minimum absolute atomic E-state index is 0.0978. The summed E-state index contributed by atoms with van der Waals surface area (Å²) in [7, 11) is 3.00. The summed E-state index contributed by atoms with van der Waals surface area (Å²) in [5.74, 6) is 1.72. The Kier molecular flexibility index (Phi) is 16.7. The second-order valence-corrected chi connectivity index (χ2v) is 19.7. The van der Waals surface area contributed by atoms with Crippen LogP contribution < -0.4 is 5.32 Å². The third-order valence-electron chi connectivity index (χ3n) is 13.3. The van der Waals surface area contributed by atoms with Gasteiger partial charge in [-0.15, -0.1) is 0 Å². The van der Waals surface area contributed by atoms with E-state index in [9.17, 15) is 14.4 Å². The lowest BCUT2D eigenvalue weighted by molar-refractivity contribution is 0.0131. The Labute approximate surface area is 436 Å². The number of likely N-dealkylation sites (tertiary alicyclic amines) is 2. The predicted molar refractivity (Wildman–Crippen MR) is 279 cm³/mol. The molecule has 2 atom stereocenters. The summed E-state index contributed by atoms with van der Waals surface area (Å²) in [6.45, 7) is 13.5. The molecule has 0 radical (unpaired) electrons. The molecule has 392 valence electrons. The maximum atomic E-state index is 13.6. The van der Waals surface area contributed by atoms with Crippen molar-refractivity contribution in [3.05, 3.63) is 144 Å². The van der Waals surface area contributed by atoms with Crippen LogP contribution in [0.5, 0.6) is 0 Å². The highest BCUT2D eigenvalue weighted by Crippen LogP contribution is 2.33. The predicted octanol–water partition coefficient (Wildman–Crippen LogP) is 7.11. The highest BCUT2D eigenvalue weighted by Gasteiger charge is 2.40. The van der Waals surface area contributed by atoms with E-state index in [1.54, 1.807) is 14.7 Å². The van der Waals surface area contributed by atoms with Crippen LogP contribution >= 0.6 is 0 Å². The molecule has 0 spiro atoms. The van der Waals surface area contributed by atoms with Gasteiger partial charge in [0.05, 0.1) is 37.6 Å². The molecular formula is C55H64N12O8. The standard InChI is InChI=1S/C30H36N6O5.C25H28N6O3/c1-30(2,3)40-29(38)35-16-14-34(15-17-35)20-26-31-27(33-41-26)25-18-24(32-39-4)19-36(25)28(37)23-12-10-22(11-13-23)21-8-6-5-7-9-21;1-33-28-21-15-22(24-27-23(34-29-24)17-30-13-11-26-12-14-30)31(16-21)25(32)20-9-7-19(8-10-20)18-5-3-2-4-6-18/h5-13,25H,14-20H2,1-4H3;2-10,22,26H,11-17H2,1H3/t25-;22-/m00/s1. The molecule has 20 heteroatoms. The lowest BCUT2D eigenvalue weighted by Crippen LogP contribution is -2.49. The van der Waals surface area contributed by atoms with Gasteiger partial charge in [-0.3, -0.25) is 19.4 Å². The number of hydrogen-bond acceptors (Lipinski definition) is 17. The van der Waals surface area contributed by atoms with Crippen LogP contribution in [0, 0.1) is 0 Å². The Hall–Kier alpha value is -7.81. The van der Waals surface area contributed by atoms with E-state index in [-0.39, 0.29) is 23.9 Å². The molecule has 2 aromatic heterocycles. The largest absolute Gasteiger partial charge is 0.444 e. The topological polar surface area (TPSA) is 210 Å². The smallest absolute Gasteiger partial charge is 0.410 e. The lowest BCUT2D eigenvalue weighted by Gasteiger charge is -2.34. The van der Waals surface area contributed by atoms with Gasteiger partial charge in [0, 0.05) is 76.3 Å². The number of hydrogen-bond donors (Lipinski definition) is 1. The van der Waals surface area contributed by atoms with Crippen molar-refractivity contribution in [3.63, 3.8) is 0 Å². The molecule has 6 heterocycles. The van der Waals surface area contributed by atoms with Gasteiger partial charge in [0.15, 0.2) is 11.6 Å². The van der Waals surface area contributed by atoms with Crippen LogP contribution in [-0.4, -0.2) is 159 Å². The Bertz CT molecular complexity index is 2910. The fraction of sp³-hybridized carbons (Fsp3) is 0.400. The van der Waals surface area contributed by atoms with E-state index in [1.165, 1.54) is 14.2 Å². The molecule has 0 saturated carbocycles. The number of oxime groups is 2. The van der Waals surface area contributed by atoms with Crippen molar-refractivity contribution in [3.8, 4) is 22.3 Å². The van der Waals surface area contributed by atoms with Gasteiger partial charge >= 0.3 is 6.09 Å². The molecule has 4 fully saturated rings. The summed E-state index contributed by atoms with van der Waals surface area (Å²) in [5, 5.41) is 20.0. The van der Waals surface area contributed by atoms with Crippen LogP contribution in [0.1, 0.15) is 89.8 Å². The first-order chi connectivity index (χ1) is 36.4. The van der Waals surface area contributed by atoms with Gasteiger partial charge in [0.2, 0.25) is 11.8 Å². The maximum absolute atomic E-state index is 13.6. The molecule has 10 rings (SSSR count). The third-order valence-corrected chi connectivity index (χ3v) is 13.3. The van der Waals surface area contributed by atoms with Crippen LogP contribution in [0.25, 0.3) is 22.3 Å². The fourth-order valence-electron chi connectivity index (χ4n) is 9.49. The van der Waals surface area contributed by atoms with E-state index in [4.69, 9.17) is 23.5 Å². The van der Waals surface area contributed by atoms with Gasteiger partial charge in [0.1, 0.15) is 31.9 Å². The number of nitrogens with one attached hydrogen (secondary N) is 1. The normalized spacial score (nSPS) is 19.5. The van der Waals surface area contributed by atoms with Crippen molar-refractivity contribution < 1.29 is 37.8 Å². The maximum Gasteiger partial charge on any atom is 0.410 e. The van der Waals surface area contributed by atoms with Crippen LogP contribution in [0.15, 0.2) is 129 Å². The van der Waals surface area contributed by atoms with E-state index in [0.717, 1.165) is 59.9 Å². The van der Waals surface area contributed by atoms with Gasteiger partial charge in [-0.1, -0.05) is 106 Å². The molecule has 4 aliphatic heterocycles. The van der Waals surface area contributed by atoms with Gasteiger partial charge in [-0.25, -0.2) is 4.79 Å². The molecule has 75 heavy (non-hydrogen) atoms. The number of ether oxygens (including phenoxy) is 1. The van der Waals surface area contributed by atoms with E-state index in [1.807, 2.05) is 118 Å². The van der Waals surface area contributed by atoms with E-state index in [0.29, 0.717) is 99.8 Å². The lowest BCUT2D eigenvalue weighted by atomic mass is 10.0. The number of aromatic nitrogens is 4. The highest BCUT2D eigenvalue weighted by molar-refractivity contribution is 6.01. The summed E-state index contributed by atoms with van der Waals surface area (Å²) in [6, 6.07) is 34.6. The minimum atomic E-state index is -0.524. The van der Waals surface area contributed by atoms with Gasteiger partial charge in [0.25, 0.3) is 11.8 Å². The van der Waals surface area contributed by atoms with Crippen molar-refractivity contribution in [1.82, 2.24) is 50.1 Å². The first-order valence-corrected chi connectivity index (χ1v) is 25.3. The quantitative estimate of drug-likeness (QED) is 0.121. The number of nitrogens with zero attached hydrogens (tertiary/aromatic N) is 11. The van der Waals surface area contributed by atoms with E-state index >= 15 is 0 Å². The second kappa shape index (κ2) is 24.0. The summed E-state index contributed by atoms with van der Waals surface area (Å²) in [6.07, 6.45) is 0.662. The van der Waals surface area contributed by atoms with Crippen LogP contribution in [0.3, 0.4) is 0 Å². The van der Waals surface area contributed by atoms with E-state index in [2.05, 4.69) is 57.8 Å². The molecule has 1 N–H and O–H groups in total. The van der Waals surface area contributed by atoms with Gasteiger partial charge in [-0.2, -0.15) is 9.97 Å². The molecule has 0 bridgehead atoms. The Morgan fingerprint density at radius 3 is 1.41 bits per heavy atom. The third kappa shape index (κ3) is 13.3. The second-order valence-electron chi connectivity index (χ2n) is 19.7. The SMILES string of the molecule is CON=C1C[C@@H](c2noc(CN3CCN(C(=O)OC(C)(C)C)CC3)n2)N(C(=O)c2ccc(-c3ccccc3)cc2)C1.CON=C1C[C@@H](c2noc(CN3CCNCC3)n2)N(C(=O)c2ccc(-c3ccccc3)cc2)C1. The molecular weight excluding hydrogens is 957 g/mol. The average molecular weight is 1020 g/mol. The number of carbonyl (C=O) groups is 3. The Balaban J connectivity index is 0.000000187. The van der Waals surface area contributed by atoms with Crippen molar-refractivity contribution in [2.24, 2.45) is 10.3 Å². The Morgan fingerprint density at radius 1 is 0.587 bits per heavy atom. The van der Waals surface area contributed by atoms with Crippen LogP contribution in [0.2, 0.25) is 0 Å². The van der Waals surface area contributed by atoms with Crippen molar-refractivity contribution in [2.75, 3.05) is 79.7 Å². The zero-order valence-electron chi connectivity index (χ0n) is 43.1. The summed E-state index contributed by atoms with van der Waals surface area (Å²) in [5.41, 5.74) is 6.46. The number of piperazine rings is 2. The first-order valence-electron chi connectivity index (χ1n) is 25.3. The zero-order valence-corrected chi connectivity index (χ0v) is 43.1. The molecule has 0 unspecified atom stereocenters. The highest BCUT2D eigenvalue weighted by atomic mass is 16.6. The number of carbonyl (C=O) groups excluding carboxylic acids is 3. The van der Waals surface area contributed by atoms with Crippen molar-refractivity contribution in [2.45, 2.75) is 64.4 Å². The molecule has 0 aliphatic carbocycles. The Morgan fingerprint density at radius 2 is 1.00 bits per heavy atom. The zero-order chi connectivity index (χ0) is 52.3. The summed E-state index contributed by atoms with van der Waals surface area (Å²) >= 11 is 0. The molecule has 20 nitrogen and oxygen atoms in total. The van der Waals surface area contributed by atoms with Crippen LogP contribution in [0.4, 0.5) is 4.79 Å². The van der Waals surface area contributed by atoms with Crippen molar-refractivity contribution in [1.29, 1.82) is 0 Å². The molecule has 6 aromatic rings.